The molecule has 25 heavy (non-hydrogen) atoms. The van der Waals surface area contributed by atoms with Gasteiger partial charge in [0.25, 0.3) is 0 Å². The molecule has 1 aliphatic carbocycles. The molecule has 0 saturated heterocycles. The highest BCUT2D eigenvalue weighted by Gasteiger charge is 2.29. The molecule has 140 valence electrons. The molecule has 0 aromatic carbocycles. The molecule has 1 aromatic heterocycles. The third kappa shape index (κ3) is 6.17. The summed E-state index contributed by atoms with van der Waals surface area (Å²) in [5.74, 6) is 1.28. The molecule has 2 nitrogen and oxygen atoms in total. The topological polar surface area (TPSA) is 17.8 Å². The molecule has 1 aliphatic rings. The van der Waals surface area contributed by atoms with Crippen LogP contribution in [0, 0.1) is 5.41 Å². The third-order valence-electron chi connectivity index (χ3n) is 5.71. The van der Waals surface area contributed by atoms with Crippen LogP contribution in [0.3, 0.4) is 0 Å². The molecule has 0 amide bonds. The van der Waals surface area contributed by atoms with Gasteiger partial charge in [0.1, 0.15) is 5.82 Å². The standard InChI is InChI=1S/C23H38N2/c1-4-6-8-10-14-21(3)25-19-18-24-22(25)20-23(15-11-7-5-2)16-12-9-13-17-23/h9,12-13,16,18-19,21H,4-8,10-11,14-15,17,20H2,1-3H3. The Bertz CT molecular complexity index is 540. The first kappa shape index (κ1) is 20.0. The van der Waals surface area contributed by atoms with Crippen molar-refractivity contribution in [2.45, 2.75) is 97.4 Å². The van der Waals surface area contributed by atoms with Gasteiger partial charge in [0.05, 0.1) is 0 Å². The molecule has 0 spiro atoms. The SMILES string of the molecule is CCCCCCC(C)n1ccnc1CC1(CCCCC)C=CC=CC1. The fourth-order valence-corrected chi connectivity index (χ4v) is 4.04. The van der Waals surface area contributed by atoms with E-state index in [4.69, 9.17) is 4.98 Å². The first-order valence-corrected chi connectivity index (χ1v) is 10.6. The van der Waals surface area contributed by atoms with Crippen molar-refractivity contribution in [3.63, 3.8) is 0 Å². The summed E-state index contributed by atoms with van der Waals surface area (Å²) in [5, 5.41) is 0. The molecule has 0 bridgehead atoms. The monoisotopic (exact) mass is 342 g/mol. The van der Waals surface area contributed by atoms with E-state index in [1.54, 1.807) is 0 Å². The zero-order valence-electron chi connectivity index (χ0n) is 16.7. The number of nitrogens with zero attached hydrogens (tertiary/aromatic N) is 2. The van der Waals surface area contributed by atoms with Gasteiger partial charge in [-0.1, -0.05) is 83.1 Å². The fourth-order valence-electron chi connectivity index (χ4n) is 4.04. The molecular formula is C23H38N2. The summed E-state index contributed by atoms with van der Waals surface area (Å²) in [6, 6.07) is 0.560. The van der Waals surface area contributed by atoms with E-state index in [0.29, 0.717) is 6.04 Å². The van der Waals surface area contributed by atoms with Crippen molar-refractivity contribution in [2.75, 3.05) is 0 Å². The van der Waals surface area contributed by atoms with E-state index in [9.17, 15) is 0 Å². The maximum absolute atomic E-state index is 4.75. The van der Waals surface area contributed by atoms with Gasteiger partial charge in [0.15, 0.2) is 0 Å². The summed E-state index contributed by atoms with van der Waals surface area (Å²) < 4.78 is 2.44. The van der Waals surface area contributed by atoms with Crippen LogP contribution < -0.4 is 0 Å². The second-order valence-electron chi connectivity index (χ2n) is 7.94. The second-order valence-corrected chi connectivity index (χ2v) is 7.94. The van der Waals surface area contributed by atoms with E-state index in [2.05, 4.69) is 55.8 Å². The van der Waals surface area contributed by atoms with Gasteiger partial charge >= 0.3 is 0 Å². The highest BCUT2D eigenvalue weighted by Crippen LogP contribution is 2.37. The molecule has 2 unspecified atom stereocenters. The molecule has 1 aromatic rings. The molecule has 0 N–H and O–H groups in total. The van der Waals surface area contributed by atoms with E-state index in [-0.39, 0.29) is 5.41 Å². The number of rotatable bonds is 12. The Labute approximate surface area is 155 Å². The Balaban J connectivity index is 2.01. The molecule has 0 fully saturated rings. The Hall–Kier alpha value is -1.31. The van der Waals surface area contributed by atoms with Crippen molar-refractivity contribution >= 4 is 0 Å². The predicted octanol–water partition coefficient (Wildman–Crippen LogP) is 7.04. The van der Waals surface area contributed by atoms with E-state index in [1.165, 1.54) is 63.6 Å². The minimum atomic E-state index is 0.273. The Kier molecular flexibility index (Phi) is 8.51. The Morgan fingerprint density at radius 3 is 2.60 bits per heavy atom. The highest BCUT2D eigenvalue weighted by molar-refractivity contribution is 5.19. The van der Waals surface area contributed by atoms with Crippen molar-refractivity contribution in [2.24, 2.45) is 5.41 Å². The van der Waals surface area contributed by atoms with Gasteiger partial charge in [0.2, 0.25) is 0 Å². The lowest BCUT2D eigenvalue weighted by atomic mass is 9.74. The van der Waals surface area contributed by atoms with Gasteiger partial charge in [0, 0.05) is 24.9 Å². The van der Waals surface area contributed by atoms with Crippen LogP contribution in [-0.4, -0.2) is 9.55 Å². The lowest BCUT2D eigenvalue weighted by Gasteiger charge is -2.32. The molecule has 2 atom stereocenters. The zero-order chi connectivity index (χ0) is 18.0. The van der Waals surface area contributed by atoms with E-state index in [1.807, 2.05) is 6.20 Å². The first-order valence-electron chi connectivity index (χ1n) is 10.6. The lowest BCUT2D eigenvalue weighted by molar-refractivity contribution is 0.316. The van der Waals surface area contributed by atoms with E-state index < -0.39 is 0 Å². The van der Waals surface area contributed by atoms with Gasteiger partial charge in [-0.05, 0) is 31.6 Å². The van der Waals surface area contributed by atoms with Gasteiger partial charge in [-0.3, -0.25) is 0 Å². The maximum atomic E-state index is 4.75. The lowest BCUT2D eigenvalue weighted by Crippen LogP contribution is -2.24. The van der Waals surface area contributed by atoms with E-state index >= 15 is 0 Å². The quantitative estimate of drug-likeness (QED) is 0.372. The van der Waals surface area contributed by atoms with Crippen molar-refractivity contribution < 1.29 is 0 Å². The zero-order valence-corrected chi connectivity index (χ0v) is 16.7. The number of allylic oxidation sites excluding steroid dienone is 4. The van der Waals surface area contributed by atoms with Crippen LogP contribution in [0.1, 0.15) is 96.8 Å². The Morgan fingerprint density at radius 2 is 1.88 bits per heavy atom. The molecule has 2 rings (SSSR count). The summed E-state index contributed by atoms with van der Waals surface area (Å²) in [5.41, 5.74) is 0.273. The minimum Gasteiger partial charge on any atom is -0.332 e. The molecule has 2 heteroatoms. The van der Waals surface area contributed by atoms with Crippen molar-refractivity contribution in [1.82, 2.24) is 9.55 Å². The molecule has 0 aliphatic heterocycles. The van der Waals surface area contributed by atoms with Gasteiger partial charge in [-0.25, -0.2) is 4.98 Å². The fraction of sp³-hybridized carbons (Fsp3) is 0.696. The molecular weight excluding hydrogens is 304 g/mol. The average Bonchev–Trinajstić information content (AvgIpc) is 3.07. The summed E-state index contributed by atoms with van der Waals surface area (Å²) in [4.78, 5) is 4.75. The minimum absolute atomic E-state index is 0.273. The normalized spacial score (nSPS) is 20.9. The van der Waals surface area contributed by atoms with Crippen LogP contribution in [0.2, 0.25) is 0 Å². The average molecular weight is 343 g/mol. The van der Waals surface area contributed by atoms with Gasteiger partial charge < -0.3 is 4.57 Å². The van der Waals surface area contributed by atoms with Crippen LogP contribution in [0.4, 0.5) is 0 Å². The number of unbranched alkanes of at least 4 members (excludes halogenated alkanes) is 5. The summed E-state index contributed by atoms with van der Waals surface area (Å²) in [6.45, 7) is 6.93. The highest BCUT2D eigenvalue weighted by atomic mass is 15.1. The first-order chi connectivity index (χ1) is 12.2. The van der Waals surface area contributed by atoms with Crippen molar-refractivity contribution in [3.05, 3.63) is 42.5 Å². The maximum Gasteiger partial charge on any atom is 0.109 e. The Morgan fingerprint density at radius 1 is 1.08 bits per heavy atom. The van der Waals surface area contributed by atoms with Crippen LogP contribution in [-0.2, 0) is 6.42 Å². The number of hydrogen-bond donors (Lipinski definition) is 0. The summed E-state index contributed by atoms with van der Waals surface area (Å²) in [6.07, 6.45) is 27.5. The largest absolute Gasteiger partial charge is 0.332 e. The van der Waals surface area contributed by atoms with Crippen LogP contribution in [0.25, 0.3) is 0 Å². The van der Waals surface area contributed by atoms with Crippen LogP contribution >= 0.6 is 0 Å². The predicted molar refractivity (Wildman–Crippen MR) is 109 cm³/mol. The second kappa shape index (κ2) is 10.6. The summed E-state index contributed by atoms with van der Waals surface area (Å²) in [7, 11) is 0. The molecule has 0 radical (unpaired) electrons. The van der Waals surface area contributed by atoms with Gasteiger partial charge in [-0.2, -0.15) is 0 Å². The number of aromatic nitrogens is 2. The number of hydrogen-bond acceptors (Lipinski definition) is 1. The van der Waals surface area contributed by atoms with E-state index in [0.717, 1.165) is 12.8 Å². The third-order valence-corrected chi connectivity index (χ3v) is 5.71. The van der Waals surface area contributed by atoms with Crippen molar-refractivity contribution in [3.8, 4) is 0 Å². The van der Waals surface area contributed by atoms with Gasteiger partial charge in [-0.15, -0.1) is 0 Å². The van der Waals surface area contributed by atoms with Crippen LogP contribution in [0.5, 0.6) is 0 Å². The smallest absolute Gasteiger partial charge is 0.109 e. The summed E-state index contributed by atoms with van der Waals surface area (Å²) >= 11 is 0. The molecule has 1 heterocycles. The van der Waals surface area contributed by atoms with Crippen LogP contribution in [0.15, 0.2) is 36.7 Å². The van der Waals surface area contributed by atoms with Crippen molar-refractivity contribution in [1.29, 1.82) is 0 Å². The molecule has 0 saturated carbocycles. The number of imidazole rings is 1.